The molecule has 28 heavy (non-hydrogen) atoms. The number of hydrogen-bond acceptors (Lipinski definition) is 5. The molecule has 1 aromatic heterocycles. The SMILES string of the molecule is COc1ccc(C(C)=Nn2c(-c3ccccc3Br)csc2=NC(C)C)c(O)c1. The van der Waals surface area contributed by atoms with Crippen LogP contribution in [0.15, 0.2) is 62.4 Å². The number of thiazole rings is 1. The van der Waals surface area contributed by atoms with Gasteiger partial charge in [-0.15, -0.1) is 11.3 Å². The van der Waals surface area contributed by atoms with Crippen LogP contribution in [-0.4, -0.2) is 28.6 Å². The predicted molar refractivity (Wildman–Crippen MR) is 118 cm³/mol. The van der Waals surface area contributed by atoms with Gasteiger partial charge in [-0.05, 0) is 39.0 Å². The van der Waals surface area contributed by atoms with Crippen LogP contribution in [0.1, 0.15) is 26.3 Å². The largest absolute Gasteiger partial charge is 0.507 e. The van der Waals surface area contributed by atoms with Crippen LogP contribution in [0.2, 0.25) is 0 Å². The van der Waals surface area contributed by atoms with E-state index in [-0.39, 0.29) is 11.8 Å². The smallest absolute Gasteiger partial charge is 0.206 e. The number of ether oxygens (including phenoxy) is 1. The molecule has 0 atom stereocenters. The van der Waals surface area contributed by atoms with Gasteiger partial charge in [0.05, 0.1) is 18.5 Å². The number of phenols is 1. The number of rotatable bonds is 5. The average molecular weight is 460 g/mol. The minimum atomic E-state index is 0.126. The van der Waals surface area contributed by atoms with E-state index in [0.717, 1.165) is 20.5 Å². The first-order valence-electron chi connectivity index (χ1n) is 8.83. The number of aromatic nitrogens is 1. The Morgan fingerprint density at radius 1 is 1.21 bits per heavy atom. The van der Waals surface area contributed by atoms with Gasteiger partial charge in [0.2, 0.25) is 4.80 Å². The number of nitrogens with zero attached hydrogens (tertiary/aromatic N) is 3. The number of halogens is 1. The molecule has 1 heterocycles. The summed E-state index contributed by atoms with van der Waals surface area (Å²) in [6, 6.07) is 13.3. The Morgan fingerprint density at radius 3 is 2.61 bits per heavy atom. The molecule has 5 nitrogen and oxygen atoms in total. The van der Waals surface area contributed by atoms with E-state index in [1.807, 2.05) is 55.1 Å². The minimum Gasteiger partial charge on any atom is -0.507 e. The van der Waals surface area contributed by atoms with Crippen molar-refractivity contribution in [2.75, 3.05) is 7.11 Å². The third-order valence-electron chi connectivity index (χ3n) is 4.05. The van der Waals surface area contributed by atoms with Crippen LogP contribution in [0.25, 0.3) is 11.3 Å². The lowest BCUT2D eigenvalue weighted by atomic mass is 10.1. The van der Waals surface area contributed by atoms with Gasteiger partial charge in [0.1, 0.15) is 11.5 Å². The van der Waals surface area contributed by atoms with Crippen molar-refractivity contribution in [3.8, 4) is 22.8 Å². The van der Waals surface area contributed by atoms with Crippen molar-refractivity contribution in [1.82, 2.24) is 4.68 Å². The van der Waals surface area contributed by atoms with Gasteiger partial charge in [0.25, 0.3) is 0 Å². The number of phenolic OH excluding ortho intramolecular Hbond substituents is 1. The first kappa shape index (κ1) is 20.4. The molecule has 0 aliphatic heterocycles. The zero-order valence-electron chi connectivity index (χ0n) is 16.2. The van der Waals surface area contributed by atoms with E-state index in [1.54, 1.807) is 36.6 Å². The third-order valence-corrected chi connectivity index (χ3v) is 5.57. The van der Waals surface area contributed by atoms with Crippen LogP contribution in [-0.2, 0) is 0 Å². The molecule has 3 rings (SSSR count). The molecule has 7 heteroatoms. The van der Waals surface area contributed by atoms with Gasteiger partial charge >= 0.3 is 0 Å². The summed E-state index contributed by atoms with van der Waals surface area (Å²) in [4.78, 5) is 5.51. The van der Waals surface area contributed by atoms with Gasteiger partial charge in [-0.25, -0.2) is 4.68 Å². The second-order valence-electron chi connectivity index (χ2n) is 6.49. The molecule has 0 saturated heterocycles. The minimum absolute atomic E-state index is 0.126. The van der Waals surface area contributed by atoms with Gasteiger partial charge in [-0.1, -0.05) is 34.1 Å². The summed E-state index contributed by atoms with van der Waals surface area (Å²) in [5.41, 5.74) is 3.29. The number of hydrogen-bond donors (Lipinski definition) is 1. The fraction of sp³-hybridized carbons (Fsp3) is 0.238. The van der Waals surface area contributed by atoms with Gasteiger partial charge in [0, 0.05) is 33.1 Å². The maximum absolute atomic E-state index is 10.4. The maximum Gasteiger partial charge on any atom is 0.206 e. The van der Waals surface area contributed by atoms with Crippen molar-refractivity contribution in [3.63, 3.8) is 0 Å². The summed E-state index contributed by atoms with van der Waals surface area (Å²) in [5, 5.41) is 17.2. The molecule has 0 radical (unpaired) electrons. The second-order valence-corrected chi connectivity index (χ2v) is 8.18. The van der Waals surface area contributed by atoms with Gasteiger partial charge in [0.15, 0.2) is 0 Å². The predicted octanol–water partition coefficient (Wildman–Crippen LogP) is 5.27. The molecule has 3 aromatic rings. The van der Waals surface area contributed by atoms with E-state index in [9.17, 15) is 5.11 Å². The highest BCUT2D eigenvalue weighted by Crippen LogP contribution is 2.29. The Hall–Kier alpha value is -2.38. The van der Waals surface area contributed by atoms with Gasteiger partial charge in [-0.3, -0.25) is 4.99 Å². The molecule has 0 unspecified atom stereocenters. The summed E-state index contributed by atoms with van der Waals surface area (Å²) >= 11 is 5.17. The summed E-state index contributed by atoms with van der Waals surface area (Å²) in [6.45, 7) is 5.94. The molecule has 146 valence electrons. The van der Waals surface area contributed by atoms with E-state index < -0.39 is 0 Å². The summed E-state index contributed by atoms with van der Waals surface area (Å²) < 4.78 is 7.99. The fourth-order valence-corrected chi connectivity index (χ4v) is 4.15. The Morgan fingerprint density at radius 2 is 1.96 bits per heavy atom. The Labute approximate surface area is 176 Å². The van der Waals surface area contributed by atoms with Crippen molar-refractivity contribution in [3.05, 3.63) is 62.7 Å². The van der Waals surface area contributed by atoms with E-state index >= 15 is 0 Å². The summed E-state index contributed by atoms with van der Waals surface area (Å²) in [6.07, 6.45) is 0. The standard InChI is InChI=1S/C21H22BrN3O2S/c1-13(2)23-21-25(19(12-28-21)17-7-5-6-8-18(17)22)24-14(3)16-10-9-15(27-4)11-20(16)26/h5-13,26H,1-4H3. The maximum atomic E-state index is 10.4. The third kappa shape index (κ3) is 4.36. The Bertz CT molecular complexity index is 1080. The summed E-state index contributed by atoms with van der Waals surface area (Å²) in [7, 11) is 1.57. The first-order chi connectivity index (χ1) is 13.4. The van der Waals surface area contributed by atoms with E-state index in [1.165, 1.54) is 0 Å². The van der Waals surface area contributed by atoms with E-state index in [4.69, 9.17) is 14.8 Å². The number of aromatic hydroxyl groups is 1. The van der Waals surface area contributed by atoms with Crippen molar-refractivity contribution in [2.24, 2.45) is 10.1 Å². The van der Waals surface area contributed by atoms with Crippen LogP contribution in [0.4, 0.5) is 0 Å². The molecule has 0 bridgehead atoms. The lowest BCUT2D eigenvalue weighted by molar-refractivity contribution is 0.407. The van der Waals surface area contributed by atoms with Crippen molar-refractivity contribution < 1.29 is 9.84 Å². The molecule has 0 aliphatic rings. The molecule has 1 N–H and O–H groups in total. The second kappa shape index (κ2) is 8.75. The van der Waals surface area contributed by atoms with Crippen LogP contribution in [0, 0.1) is 0 Å². The molecule has 0 aliphatic carbocycles. The normalized spacial score (nSPS) is 12.6. The quantitative estimate of drug-likeness (QED) is 0.527. The summed E-state index contributed by atoms with van der Waals surface area (Å²) in [5.74, 6) is 0.725. The number of methoxy groups -OCH3 is 1. The zero-order valence-corrected chi connectivity index (χ0v) is 18.6. The molecule has 0 amide bonds. The highest BCUT2D eigenvalue weighted by Gasteiger charge is 2.13. The molecule has 2 aromatic carbocycles. The topological polar surface area (TPSA) is 59.1 Å². The van der Waals surface area contributed by atoms with Crippen LogP contribution in [0.3, 0.4) is 0 Å². The van der Waals surface area contributed by atoms with Crippen LogP contribution < -0.4 is 9.54 Å². The lowest BCUT2D eigenvalue weighted by Gasteiger charge is -2.10. The lowest BCUT2D eigenvalue weighted by Crippen LogP contribution is -2.16. The highest BCUT2D eigenvalue weighted by molar-refractivity contribution is 9.10. The molecule has 0 saturated carbocycles. The molecular weight excluding hydrogens is 438 g/mol. The van der Waals surface area contributed by atoms with Crippen molar-refractivity contribution in [1.29, 1.82) is 0 Å². The average Bonchev–Trinajstić information content (AvgIpc) is 3.03. The van der Waals surface area contributed by atoms with Crippen molar-refractivity contribution in [2.45, 2.75) is 26.8 Å². The first-order valence-corrected chi connectivity index (χ1v) is 10.5. The van der Waals surface area contributed by atoms with Gasteiger partial charge < -0.3 is 9.84 Å². The van der Waals surface area contributed by atoms with E-state index in [2.05, 4.69) is 15.9 Å². The van der Waals surface area contributed by atoms with Crippen molar-refractivity contribution >= 4 is 33.0 Å². The molecule has 0 fully saturated rings. The Balaban J connectivity index is 2.18. The van der Waals surface area contributed by atoms with Gasteiger partial charge in [-0.2, -0.15) is 5.10 Å². The monoisotopic (exact) mass is 459 g/mol. The fourth-order valence-electron chi connectivity index (χ4n) is 2.71. The van der Waals surface area contributed by atoms with Crippen LogP contribution in [0.5, 0.6) is 11.5 Å². The Kier molecular flexibility index (Phi) is 6.36. The zero-order chi connectivity index (χ0) is 20.3. The van der Waals surface area contributed by atoms with Crippen LogP contribution >= 0.6 is 27.3 Å². The van der Waals surface area contributed by atoms with E-state index in [0.29, 0.717) is 17.0 Å². The molecular formula is C21H22BrN3O2S. The highest BCUT2D eigenvalue weighted by atomic mass is 79.9. The molecule has 0 spiro atoms. The number of benzene rings is 2.